The molecule has 0 atom stereocenters. The van der Waals surface area contributed by atoms with Gasteiger partial charge in [0.2, 0.25) is 5.95 Å². The summed E-state index contributed by atoms with van der Waals surface area (Å²) in [6, 6.07) is 6.00. The molecule has 32 heavy (non-hydrogen) atoms. The number of esters is 1. The van der Waals surface area contributed by atoms with Crippen LogP contribution in [0.4, 0.5) is 21.8 Å². The van der Waals surface area contributed by atoms with Crippen LogP contribution in [0, 0.1) is 5.82 Å². The number of morpholine rings is 1. The lowest BCUT2D eigenvalue weighted by Gasteiger charge is -2.29. The number of benzene rings is 1. The molecule has 1 aliphatic heterocycles. The van der Waals surface area contributed by atoms with E-state index in [2.05, 4.69) is 20.2 Å². The molecular formula is C22H21ClFN5O3. The minimum atomic E-state index is -0.503. The Morgan fingerprint density at radius 2 is 2.06 bits per heavy atom. The number of nitrogens with zero attached hydrogens (tertiary/aromatic N) is 4. The zero-order valence-corrected chi connectivity index (χ0v) is 18.1. The van der Waals surface area contributed by atoms with Crippen molar-refractivity contribution in [1.29, 1.82) is 0 Å². The summed E-state index contributed by atoms with van der Waals surface area (Å²) in [5.41, 5.74) is 2.31. The second kappa shape index (κ2) is 9.88. The van der Waals surface area contributed by atoms with Crippen molar-refractivity contribution >= 4 is 35.0 Å². The van der Waals surface area contributed by atoms with Crippen LogP contribution in [0.2, 0.25) is 5.02 Å². The number of hydrogen-bond acceptors (Lipinski definition) is 8. The monoisotopic (exact) mass is 457 g/mol. The zero-order chi connectivity index (χ0) is 22.5. The maximum Gasteiger partial charge on any atom is 0.339 e. The molecule has 1 aliphatic rings. The number of ether oxygens (including phenoxy) is 2. The summed E-state index contributed by atoms with van der Waals surface area (Å²) in [4.78, 5) is 27.5. The molecule has 0 bridgehead atoms. The molecule has 0 unspecified atom stereocenters. The van der Waals surface area contributed by atoms with E-state index >= 15 is 0 Å². The van der Waals surface area contributed by atoms with E-state index in [9.17, 15) is 9.18 Å². The molecule has 0 spiro atoms. The Balaban J connectivity index is 1.71. The van der Waals surface area contributed by atoms with E-state index in [-0.39, 0.29) is 11.6 Å². The van der Waals surface area contributed by atoms with Gasteiger partial charge in [-0.05, 0) is 31.2 Å². The fourth-order valence-electron chi connectivity index (χ4n) is 3.27. The van der Waals surface area contributed by atoms with Gasteiger partial charge in [0.15, 0.2) is 0 Å². The lowest BCUT2D eigenvalue weighted by molar-refractivity contribution is 0.0526. The van der Waals surface area contributed by atoms with Gasteiger partial charge in [-0.3, -0.25) is 4.98 Å². The molecule has 2 aromatic heterocycles. The highest BCUT2D eigenvalue weighted by molar-refractivity contribution is 6.31. The first kappa shape index (κ1) is 21.9. The zero-order valence-electron chi connectivity index (χ0n) is 17.3. The fraction of sp³-hybridized carbons (Fsp3) is 0.273. The Bertz CT molecular complexity index is 1120. The van der Waals surface area contributed by atoms with Crippen LogP contribution in [-0.2, 0) is 9.47 Å². The van der Waals surface area contributed by atoms with Crippen molar-refractivity contribution in [3.05, 3.63) is 59.3 Å². The predicted molar refractivity (Wildman–Crippen MR) is 119 cm³/mol. The maximum atomic E-state index is 13.5. The third-order valence-corrected chi connectivity index (χ3v) is 5.11. The van der Waals surface area contributed by atoms with Gasteiger partial charge in [0.05, 0.1) is 30.4 Å². The van der Waals surface area contributed by atoms with E-state index in [1.165, 1.54) is 18.3 Å². The van der Waals surface area contributed by atoms with E-state index in [1.807, 2.05) is 0 Å². The number of rotatable bonds is 6. The number of anilines is 3. The van der Waals surface area contributed by atoms with Gasteiger partial charge < -0.3 is 19.7 Å². The van der Waals surface area contributed by atoms with Crippen LogP contribution >= 0.6 is 11.6 Å². The lowest BCUT2D eigenvalue weighted by Crippen LogP contribution is -2.37. The van der Waals surface area contributed by atoms with Crippen LogP contribution in [0.15, 0.2) is 42.9 Å². The average molecular weight is 458 g/mol. The molecule has 166 valence electrons. The molecule has 0 amide bonds. The average Bonchev–Trinajstić information content (AvgIpc) is 2.82. The molecule has 4 rings (SSSR count). The van der Waals surface area contributed by atoms with Crippen LogP contribution in [0.5, 0.6) is 0 Å². The largest absolute Gasteiger partial charge is 0.462 e. The van der Waals surface area contributed by atoms with Crippen molar-refractivity contribution < 1.29 is 18.7 Å². The number of pyridine rings is 1. The number of carbonyl (C=O) groups is 1. The van der Waals surface area contributed by atoms with Gasteiger partial charge in [-0.15, -0.1) is 0 Å². The van der Waals surface area contributed by atoms with Crippen molar-refractivity contribution in [2.75, 3.05) is 43.1 Å². The Morgan fingerprint density at radius 1 is 1.25 bits per heavy atom. The van der Waals surface area contributed by atoms with Crippen LogP contribution in [0.1, 0.15) is 17.3 Å². The predicted octanol–water partition coefficient (Wildman–Crippen LogP) is 4.09. The number of nitrogens with one attached hydrogen (secondary N) is 1. The Kier molecular flexibility index (Phi) is 6.77. The highest BCUT2D eigenvalue weighted by atomic mass is 35.5. The van der Waals surface area contributed by atoms with E-state index in [0.717, 1.165) is 0 Å². The van der Waals surface area contributed by atoms with E-state index in [1.54, 1.807) is 31.5 Å². The standard InChI is InChI=1S/C22H21ClFN5O3/c1-2-32-21(30)15-9-14(11-25-12-15)17-13-26-22(27-16-3-4-19(24)18(23)10-16)28-20(17)29-5-7-31-8-6-29/h3-4,9-13H,2,5-8H2,1H3,(H,26,27,28). The third kappa shape index (κ3) is 4.95. The second-order valence-corrected chi connectivity index (χ2v) is 7.37. The highest BCUT2D eigenvalue weighted by Gasteiger charge is 2.20. The molecule has 1 fully saturated rings. The van der Waals surface area contributed by atoms with Crippen LogP contribution in [-0.4, -0.2) is 53.8 Å². The smallest absolute Gasteiger partial charge is 0.339 e. The fourth-order valence-corrected chi connectivity index (χ4v) is 3.45. The molecule has 1 N–H and O–H groups in total. The molecule has 1 saturated heterocycles. The van der Waals surface area contributed by atoms with Crippen LogP contribution in [0.25, 0.3) is 11.1 Å². The Morgan fingerprint density at radius 3 is 2.81 bits per heavy atom. The molecule has 0 radical (unpaired) electrons. The van der Waals surface area contributed by atoms with Crippen molar-refractivity contribution in [2.45, 2.75) is 6.92 Å². The van der Waals surface area contributed by atoms with E-state index < -0.39 is 11.8 Å². The minimum Gasteiger partial charge on any atom is -0.462 e. The molecule has 3 aromatic rings. The van der Waals surface area contributed by atoms with Gasteiger partial charge in [-0.2, -0.15) is 4.98 Å². The van der Waals surface area contributed by atoms with Gasteiger partial charge in [-0.25, -0.2) is 14.2 Å². The van der Waals surface area contributed by atoms with Crippen molar-refractivity contribution in [1.82, 2.24) is 15.0 Å². The molecular weight excluding hydrogens is 437 g/mol. The maximum absolute atomic E-state index is 13.5. The van der Waals surface area contributed by atoms with Gasteiger partial charge in [0.1, 0.15) is 11.6 Å². The summed E-state index contributed by atoms with van der Waals surface area (Å²) in [6.07, 6.45) is 4.78. The van der Waals surface area contributed by atoms with Gasteiger partial charge in [0.25, 0.3) is 0 Å². The summed E-state index contributed by atoms with van der Waals surface area (Å²) in [5.74, 6) is 0.0490. The molecule has 1 aromatic carbocycles. The number of halogens is 2. The summed E-state index contributed by atoms with van der Waals surface area (Å²) < 4.78 is 24.0. The van der Waals surface area contributed by atoms with Gasteiger partial charge in [0, 0.05) is 48.5 Å². The molecule has 8 nitrogen and oxygen atoms in total. The van der Waals surface area contributed by atoms with Gasteiger partial charge >= 0.3 is 5.97 Å². The van der Waals surface area contributed by atoms with Crippen LogP contribution in [0.3, 0.4) is 0 Å². The van der Waals surface area contributed by atoms with E-state index in [0.29, 0.717) is 60.4 Å². The Labute approximate surface area is 189 Å². The minimum absolute atomic E-state index is 0.00174. The third-order valence-electron chi connectivity index (χ3n) is 4.82. The topological polar surface area (TPSA) is 89.5 Å². The summed E-state index contributed by atoms with van der Waals surface area (Å²) >= 11 is 5.88. The summed E-state index contributed by atoms with van der Waals surface area (Å²) in [6.45, 7) is 4.47. The van der Waals surface area contributed by atoms with Crippen molar-refractivity contribution in [2.24, 2.45) is 0 Å². The molecule has 3 heterocycles. The first-order chi connectivity index (χ1) is 15.5. The first-order valence-corrected chi connectivity index (χ1v) is 10.5. The normalized spacial score (nSPS) is 13.7. The number of hydrogen-bond donors (Lipinski definition) is 1. The first-order valence-electron chi connectivity index (χ1n) is 10.1. The SMILES string of the molecule is CCOC(=O)c1cncc(-c2cnc(Nc3ccc(F)c(Cl)c3)nc2N2CCOCC2)c1. The molecule has 0 aliphatic carbocycles. The van der Waals surface area contributed by atoms with Crippen LogP contribution < -0.4 is 10.2 Å². The number of aromatic nitrogens is 3. The second-order valence-electron chi connectivity index (χ2n) is 6.97. The van der Waals surface area contributed by atoms with Gasteiger partial charge in [-0.1, -0.05) is 11.6 Å². The molecule has 10 heteroatoms. The van der Waals surface area contributed by atoms with Crippen molar-refractivity contribution in [3.8, 4) is 11.1 Å². The lowest BCUT2D eigenvalue weighted by atomic mass is 10.1. The van der Waals surface area contributed by atoms with E-state index in [4.69, 9.17) is 26.1 Å². The number of carbonyl (C=O) groups excluding carboxylic acids is 1. The summed E-state index contributed by atoms with van der Waals surface area (Å²) in [7, 11) is 0. The molecule has 0 saturated carbocycles. The summed E-state index contributed by atoms with van der Waals surface area (Å²) in [5, 5.41) is 3.06. The quantitative estimate of drug-likeness (QED) is 0.554. The Hall–Kier alpha value is -3.30. The highest BCUT2D eigenvalue weighted by Crippen LogP contribution is 2.31. The van der Waals surface area contributed by atoms with Crippen molar-refractivity contribution in [3.63, 3.8) is 0 Å².